The SMILES string of the molecule is CCOc1ccc(C2/C(=C(\O)c3ccc(Cl)c(OCC)c3)C(=O)C(=O)N2c2ccc(F)c(F)c2)cc1. The van der Waals surface area contributed by atoms with Crippen molar-refractivity contribution in [2.75, 3.05) is 18.1 Å². The first-order chi connectivity index (χ1) is 17.3. The molecule has 0 aromatic heterocycles. The van der Waals surface area contributed by atoms with E-state index < -0.39 is 35.1 Å². The van der Waals surface area contributed by atoms with E-state index in [0.717, 1.165) is 17.0 Å². The maximum absolute atomic E-state index is 14.1. The molecule has 3 aromatic carbocycles. The minimum absolute atomic E-state index is 0.0416. The van der Waals surface area contributed by atoms with Crippen LogP contribution in [0.15, 0.2) is 66.2 Å². The summed E-state index contributed by atoms with van der Waals surface area (Å²) in [4.78, 5) is 27.4. The fourth-order valence-corrected chi connectivity index (χ4v) is 4.21. The predicted molar refractivity (Wildman–Crippen MR) is 131 cm³/mol. The van der Waals surface area contributed by atoms with E-state index in [0.29, 0.717) is 29.5 Å². The van der Waals surface area contributed by atoms with Gasteiger partial charge in [0.05, 0.1) is 29.9 Å². The van der Waals surface area contributed by atoms with Gasteiger partial charge in [-0.3, -0.25) is 14.5 Å². The number of ether oxygens (including phenoxy) is 2. The van der Waals surface area contributed by atoms with Gasteiger partial charge in [-0.2, -0.15) is 0 Å². The molecule has 1 aliphatic heterocycles. The van der Waals surface area contributed by atoms with Gasteiger partial charge < -0.3 is 14.6 Å². The van der Waals surface area contributed by atoms with Crippen LogP contribution in [-0.2, 0) is 9.59 Å². The third-order valence-electron chi connectivity index (χ3n) is 5.64. The monoisotopic (exact) mass is 513 g/mol. The van der Waals surface area contributed by atoms with Crippen LogP contribution in [0.5, 0.6) is 11.5 Å². The minimum atomic E-state index is -1.18. The van der Waals surface area contributed by atoms with Gasteiger partial charge in [-0.05, 0) is 61.9 Å². The van der Waals surface area contributed by atoms with Crippen LogP contribution in [0.3, 0.4) is 0 Å². The van der Waals surface area contributed by atoms with Gasteiger partial charge in [0.25, 0.3) is 11.7 Å². The van der Waals surface area contributed by atoms with Crippen molar-refractivity contribution in [3.63, 3.8) is 0 Å². The molecule has 0 spiro atoms. The van der Waals surface area contributed by atoms with Crippen molar-refractivity contribution in [1.82, 2.24) is 0 Å². The highest BCUT2D eigenvalue weighted by molar-refractivity contribution is 6.51. The van der Waals surface area contributed by atoms with E-state index in [9.17, 15) is 23.5 Å². The second-order valence-electron chi connectivity index (χ2n) is 7.85. The minimum Gasteiger partial charge on any atom is -0.507 e. The van der Waals surface area contributed by atoms with Crippen molar-refractivity contribution in [1.29, 1.82) is 0 Å². The Hall–Kier alpha value is -3.91. The number of Topliss-reactive ketones (excluding diaryl/α,β-unsaturated/α-hetero) is 1. The average Bonchev–Trinajstić information content (AvgIpc) is 3.13. The smallest absolute Gasteiger partial charge is 0.300 e. The van der Waals surface area contributed by atoms with Crippen LogP contribution in [0.4, 0.5) is 14.5 Å². The largest absolute Gasteiger partial charge is 0.507 e. The molecule has 0 radical (unpaired) electrons. The maximum Gasteiger partial charge on any atom is 0.300 e. The summed E-state index contributed by atoms with van der Waals surface area (Å²) in [6.45, 7) is 4.35. The zero-order valence-corrected chi connectivity index (χ0v) is 20.2. The Morgan fingerprint density at radius 3 is 2.28 bits per heavy atom. The summed E-state index contributed by atoms with van der Waals surface area (Å²) >= 11 is 6.16. The third-order valence-corrected chi connectivity index (χ3v) is 5.95. The lowest BCUT2D eigenvalue weighted by Crippen LogP contribution is -2.29. The van der Waals surface area contributed by atoms with Crippen LogP contribution in [0, 0.1) is 11.6 Å². The van der Waals surface area contributed by atoms with E-state index in [1.165, 1.54) is 24.3 Å². The van der Waals surface area contributed by atoms with Crippen molar-refractivity contribution in [2.24, 2.45) is 0 Å². The Balaban J connectivity index is 1.92. The first-order valence-corrected chi connectivity index (χ1v) is 11.6. The highest BCUT2D eigenvalue weighted by atomic mass is 35.5. The third kappa shape index (κ3) is 4.64. The molecule has 36 heavy (non-hydrogen) atoms. The Labute approximate surface area is 211 Å². The van der Waals surface area contributed by atoms with Gasteiger partial charge in [0.15, 0.2) is 11.6 Å². The quantitative estimate of drug-likeness (QED) is 0.237. The number of halogens is 3. The summed E-state index contributed by atoms with van der Waals surface area (Å²) in [6, 6.07) is 12.8. The van der Waals surface area contributed by atoms with Gasteiger partial charge in [-0.25, -0.2) is 8.78 Å². The van der Waals surface area contributed by atoms with E-state index in [2.05, 4.69) is 0 Å². The first-order valence-electron chi connectivity index (χ1n) is 11.2. The van der Waals surface area contributed by atoms with Crippen molar-refractivity contribution in [3.05, 3.63) is 94.0 Å². The van der Waals surface area contributed by atoms with Crippen LogP contribution in [0.2, 0.25) is 5.02 Å². The number of amides is 1. The molecule has 1 fully saturated rings. The number of ketones is 1. The Morgan fingerprint density at radius 2 is 1.64 bits per heavy atom. The number of hydrogen-bond donors (Lipinski definition) is 1. The van der Waals surface area contributed by atoms with E-state index >= 15 is 0 Å². The Bertz CT molecular complexity index is 1360. The summed E-state index contributed by atoms with van der Waals surface area (Å²) in [5, 5.41) is 11.6. The average molecular weight is 514 g/mol. The number of nitrogens with zero attached hydrogens (tertiary/aromatic N) is 1. The van der Waals surface area contributed by atoms with E-state index in [1.807, 2.05) is 6.92 Å². The lowest BCUT2D eigenvalue weighted by molar-refractivity contribution is -0.132. The molecule has 4 rings (SSSR count). The van der Waals surface area contributed by atoms with Crippen molar-refractivity contribution in [2.45, 2.75) is 19.9 Å². The van der Waals surface area contributed by atoms with Gasteiger partial charge >= 0.3 is 0 Å². The first kappa shape index (κ1) is 25.2. The zero-order chi connectivity index (χ0) is 26.0. The molecule has 6 nitrogen and oxygen atoms in total. The number of anilines is 1. The number of rotatable bonds is 7. The topological polar surface area (TPSA) is 76.1 Å². The van der Waals surface area contributed by atoms with Crippen LogP contribution in [-0.4, -0.2) is 30.0 Å². The number of aliphatic hydroxyl groups is 1. The number of aliphatic hydroxyl groups excluding tert-OH is 1. The van der Waals surface area contributed by atoms with E-state index in [1.54, 1.807) is 31.2 Å². The Kier molecular flexibility index (Phi) is 7.26. The molecule has 186 valence electrons. The molecular formula is C27H22ClF2NO5. The van der Waals surface area contributed by atoms with Crippen LogP contribution in [0.1, 0.15) is 31.0 Å². The summed E-state index contributed by atoms with van der Waals surface area (Å²) in [5.41, 5.74) is 0.378. The second kappa shape index (κ2) is 10.4. The van der Waals surface area contributed by atoms with Crippen LogP contribution in [0.25, 0.3) is 5.76 Å². The lowest BCUT2D eigenvalue weighted by atomic mass is 9.95. The molecule has 0 saturated carbocycles. The summed E-state index contributed by atoms with van der Waals surface area (Å²) in [5.74, 6) is -3.88. The molecule has 0 bridgehead atoms. The predicted octanol–water partition coefficient (Wildman–Crippen LogP) is 6.04. The fraction of sp³-hybridized carbons (Fsp3) is 0.185. The molecule has 1 aliphatic rings. The Morgan fingerprint density at radius 1 is 0.944 bits per heavy atom. The number of carbonyl (C=O) groups is 2. The molecule has 0 aliphatic carbocycles. The molecule has 1 unspecified atom stereocenters. The van der Waals surface area contributed by atoms with Crippen LogP contribution >= 0.6 is 11.6 Å². The van der Waals surface area contributed by atoms with E-state index in [4.69, 9.17) is 21.1 Å². The van der Waals surface area contributed by atoms with Crippen molar-refractivity contribution >= 4 is 34.7 Å². The van der Waals surface area contributed by atoms with Gasteiger partial charge in [0, 0.05) is 17.3 Å². The maximum atomic E-state index is 14.1. The molecule has 1 amide bonds. The zero-order valence-electron chi connectivity index (χ0n) is 19.4. The van der Waals surface area contributed by atoms with Crippen LogP contribution < -0.4 is 14.4 Å². The highest BCUT2D eigenvalue weighted by Gasteiger charge is 2.47. The highest BCUT2D eigenvalue weighted by Crippen LogP contribution is 2.43. The molecule has 3 aromatic rings. The number of carbonyl (C=O) groups excluding carboxylic acids is 2. The van der Waals surface area contributed by atoms with Crippen molar-refractivity contribution in [3.8, 4) is 11.5 Å². The molecule has 9 heteroatoms. The summed E-state index contributed by atoms with van der Waals surface area (Å²) in [6.07, 6.45) is 0. The standard InChI is InChI=1S/C27H22ClF2NO5/c1-3-35-18-9-5-15(6-10-18)24-23(25(32)16-7-11-19(28)22(13-16)36-4-2)26(33)27(34)31(24)17-8-12-20(29)21(30)14-17/h5-14,24,32H,3-4H2,1-2H3/b25-23+. The normalized spacial score (nSPS) is 16.9. The fourth-order valence-electron chi connectivity index (χ4n) is 4.03. The molecule has 1 saturated heterocycles. The lowest BCUT2D eigenvalue weighted by Gasteiger charge is -2.25. The molecule has 1 heterocycles. The van der Waals surface area contributed by atoms with Gasteiger partial charge in [0.2, 0.25) is 0 Å². The molecule has 1 atom stereocenters. The number of benzene rings is 3. The summed E-state index contributed by atoms with van der Waals surface area (Å²) < 4.78 is 38.7. The number of hydrogen-bond acceptors (Lipinski definition) is 5. The molecule has 1 N–H and O–H groups in total. The summed E-state index contributed by atoms with van der Waals surface area (Å²) in [7, 11) is 0. The van der Waals surface area contributed by atoms with Gasteiger partial charge in [-0.1, -0.05) is 23.7 Å². The van der Waals surface area contributed by atoms with Crippen molar-refractivity contribution < 1.29 is 33.0 Å². The van der Waals surface area contributed by atoms with Gasteiger partial charge in [-0.15, -0.1) is 0 Å². The molecular weight excluding hydrogens is 492 g/mol. The van der Waals surface area contributed by atoms with Gasteiger partial charge in [0.1, 0.15) is 17.3 Å². The second-order valence-corrected chi connectivity index (χ2v) is 8.25. The van der Waals surface area contributed by atoms with E-state index in [-0.39, 0.29) is 22.6 Å².